The van der Waals surface area contributed by atoms with Gasteiger partial charge < -0.3 is 14.2 Å². The molecule has 1 fully saturated rings. The van der Waals surface area contributed by atoms with Crippen molar-refractivity contribution >= 4 is 12.0 Å². The molecule has 0 unspecified atom stereocenters. The molecule has 0 saturated carbocycles. The van der Waals surface area contributed by atoms with E-state index < -0.39 is 24.3 Å². The number of methoxy groups -OCH3 is 2. The molecule has 114 valence electrons. The van der Waals surface area contributed by atoms with E-state index in [1.165, 1.54) is 14.2 Å². The van der Waals surface area contributed by atoms with Crippen LogP contribution in [0.5, 0.6) is 0 Å². The minimum absolute atomic E-state index is 0.159. The number of cyclic esters (lactones) is 1. The maximum atomic E-state index is 12.6. The third-order valence-corrected chi connectivity index (χ3v) is 3.56. The zero-order valence-corrected chi connectivity index (χ0v) is 12.3. The molecule has 2 rings (SSSR count). The monoisotopic (exact) mass is 293 g/mol. The SMILES string of the molecule is COC(OC)[C@@H](C)C(=O)N1C(=O)OC[C@H]1c1ccccc1. The molecule has 1 heterocycles. The molecule has 2 atom stereocenters. The van der Waals surface area contributed by atoms with E-state index in [9.17, 15) is 9.59 Å². The van der Waals surface area contributed by atoms with Crippen LogP contribution in [0.2, 0.25) is 0 Å². The van der Waals surface area contributed by atoms with Crippen LogP contribution < -0.4 is 0 Å². The van der Waals surface area contributed by atoms with Gasteiger partial charge in [0, 0.05) is 14.2 Å². The molecule has 0 N–H and O–H groups in total. The van der Waals surface area contributed by atoms with Crippen molar-refractivity contribution in [3.63, 3.8) is 0 Å². The second-order valence-electron chi connectivity index (χ2n) is 4.84. The van der Waals surface area contributed by atoms with Crippen LogP contribution in [0.1, 0.15) is 18.5 Å². The Hall–Kier alpha value is -1.92. The summed E-state index contributed by atoms with van der Waals surface area (Å²) in [5.74, 6) is -0.989. The molecule has 6 nitrogen and oxygen atoms in total. The van der Waals surface area contributed by atoms with Gasteiger partial charge >= 0.3 is 6.09 Å². The van der Waals surface area contributed by atoms with Crippen molar-refractivity contribution in [2.45, 2.75) is 19.3 Å². The van der Waals surface area contributed by atoms with Crippen LogP contribution in [-0.4, -0.2) is 44.0 Å². The number of carbonyl (C=O) groups excluding carboxylic acids is 2. The highest BCUT2D eigenvalue weighted by molar-refractivity contribution is 5.95. The Morgan fingerprint density at radius 1 is 1.29 bits per heavy atom. The fraction of sp³-hybridized carbons (Fsp3) is 0.467. The topological polar surface area (TPSA) is 65.1 Å². The first-order valence-electron chi connectivity index (χ1n) is 6.70. The Kier molecular flexibility index (Phi) is 4.93. The third kappa shape index (κ3) is 3.06. The second kappa shape index (κ2) is 6.69. The summed E-state index contributed by atoms with van der Waals surface area (Å²) in [6.07, 6.45) is -1.34. The maximum Gasteiger partial charge on any atom is 0.417 e. The largest absolute Gasteiger partial charge is 0.446 e. The standard InChI is InChI=1S/C15H19NO5/c1-10(14(19-2)20-3)13(17)16-12(9-21-15(16)18)11-7-5-4-6-8-11/h4-8,10,12,14H,9H2,1-3H3/t10-,12-/m0/s1. The average Bonchev–Trinajstić information content (AvgIpc) is 2.90. The number of carbonyl (C=O) groups is 2. The van der Waals surface area contributed by atoms with E-state index in [0.29, 0.717) is 0 Å². The Bertz CT molecular complexity index is 500. The van der Waals surface area contributed by atoms with Crippen LogP contribution >= 0.6 is 0 Å². The number of hydrogen-bond donors (Lipinski definition) is 0. The van der Waals surface area contributed by atoms with Gasteiger partial charge in [0.2, 0.25) is 5.91 Å². The number of hydrogen-bond acceptors (Lipinski definition) is 5. The predicted octanol–water partition coefficient (Wildman–Crippen LogP) is 1.96. The molecule has 1 aromatic rings. The molecule has 0 aliphatic carbocycles. The summed E-state index contributed by atoms with van der Waals surface area (Å²) < 4.78 is 15.2. The number of nitrogens with zero attached hydrogens (tertiary/aromatic N) is 1. The van der Waals surface area contributed by atoms with Gasteiger partial charge in [0.25, 0.3) is 0 Å². The molecular weight excluding hydrogens is 274 g/mol. The summed E-state index contributed by atoms with van der Waals surface area (Å²) in [4.78, 5) is 25.6. The summed E-state index contributed by atoms with van der Waals surface area (Å²) in [6.45, 7) is 1.82. The van der Waals surface area contributed by atoms with Gasteiger partial charge in [0.05, 0.1) is 5.92 Å². The smallest absolute Gasteiger partial charge is 0.417 e. The highest BCUT2D eigenvalue weighted by atomic mass is 16.7. The number of benzene rings is 1. The van der Waals surface area contributed by atoms with Crippen molar-refractivity contribution in [3.05, 3.63) is 35.9 Å². The normalized spacial score (nSPS) is 19.7. The highest BCUT2D eigenvalue weighted by Crippen LogP contribution is 2.29. The van der Waals surface area contributed by atoms with Gasteiger partial charge in [-0.1, -0.05) is 30.3 Å². The van der Waals surface area contributed by atoms with Crippen molar-refractivity contribution in [1.29, 1.82) is 0 Å². The minimum Gasteiger partial charge on any atom is -0.446 e. The summed E-state index contributed by atoms with van der Waals surface area (Å²) in [7, 11) is 2.91. The zero-order chi connectivity index (χ0) is 15.4. The van der Waals surface area contributed by atoms with Crippen LogP contribution in [0.3, 0.4) is 0 Å². The van der Waals surface area contributed by atoms with E-state index in [-0.39, 0.29) is 12.5 Å². The van der Waals surface area contributed by atoms with E-state index in [1.54, 1.807) is 6.92 Å². The van der Waals surface area contributed by atoms with Gasteiger partial charge in [-0.15, -0.1) is 0 Å². The second-order valence-corrected chi connectivity index (χ2v) is 4.84. The van der Waals surface area contributed by atoms with Gasteiger partial charge in [-0.2, -0.15) is 0 Å². The first-order chi connectivity index (χ1) is 10.1. The first kappa shape index (κ1) is 15.5. The third-order valence-electron chi connectivity index (χ3n) is 3.56. The van der Waals surface area contributed by atoms with Crippen LogP contribution in [0.4, 0.5) is 4.79 Å². The lowest BCUT2D eigenvalue weighted by atomic mass is 10.0. The van der Waals surface area contributed by atoms with Crippen molar-refractivity contribution in [2.75, 3.05) is 20.8 Å². The van der Waals surface area contributed by atoms with E-state index in [4.69, 9.17) is 14.2 Å². The Morgan fingerprint density at radius 3 is 2.48 bits per heavy atom. The van der Waals surface area contributed by atoms with Crippen LogP contribution in [0, 0.1) is 5.92 Å². The fourth-order valence-electron chi connectivity index (χ4n) is 2.43. The molecule has 0 bridgehead atoms. The Balaban J connectivity index is 2.23. The van der Waals surface area contributed by atoms with Gasteiger partial charge in [-0.05, 0) is 12.5 Å². The van der Waals surface area contributed by atoms with Crippen LogP contribution in [0.15, 0.2) is 30.3 Å². The number of ether oxygens (including phenoxy) is 3. The van der Waals surface area contributed by atoms with E-state index in [2.05, 4.69) is 0 Å². The van der Waals surface area contributed by atoms with Gasteiger partial charge in [-0.3, -0.25) is 4.79 Å². The van der Waals surface area contributed by atoms with Crippen LogP contribution in [0.25, 0.3) is 0 Å². The quantitative estimate of drug-likeness (QED) is 0.776. The number of amides is 2. The van der Waals surface area contributed by atoms with E-state index in [1.807, 2.05) is 30.3 Å². The summed E-state index contributed by atoms with van der Waals surface area (Å²) in [6, 6.07) is 8.91. The maximum absolute atomic E-state index is 12.6. The molecule has 1 saturated heterocycles. The summed E-state index contributed by atoms with van der Waals surface area (Å²) >= 11 is 0. The molecule has 0 radical (unpaired) electrons. The molecule has 6 heteroatoms. The van der Waals surface area contributed by atoms with E-state index in [0.717, 1.165) is 10.5 Å². The lowest BCUT2D eigenvalue weighted by Gasteiger charge is -2.26. The Labute approximate surface area is 123 Å². The molecule has 0 spiro atoms. The molecule has 21 heavy (non-hydrogen) atoms. The first-order valence-corrected chi connectivity index (χ1v) is 6.70. The average molecular weight is 293 g/mol. The molecule has 1 aliphatic heterocycles. The van der Waals surface area contributed by atoms with Crippen molar-refractivity contribution in [1.82, 2.24) is 4.90 Å². The molecular formula is C15H19NO5. The molecule has 2 amide bonds. The fourth-order valence-corrected chi connectivity index (χ4v) is 2.43. The van der Waals surface area contributed by atoms with Gasteiger partial charge in [0.1, 0.15) is 12.6 Å². The summed E-state index contributed by atoms with van der Waals surface area (Å²) in [5, 5.41) is 0. The van der Waals surface area contributed by atoms with Gasteiger partial charge in [0.15, 0.2) is 6.29 Å². The molecule has 1 aliphatic rings. The van der Waals surface area contributed by atoms with Gasteiger partial charge in [-0.25, -0.2) is 9.69 Å². The number of imide groups is 1. The van der Waals surface area contributed by atoms with Crippen LogP contribution in [-0.2, 0) is 19.0 Å². The van der Waals surface area contributed by atoms with E-state index >= 15 is 0 Å². The minimum atomic E-state index is -0.706. The lowest BCUT2D eigenvalue weighted by molar-refractivity contribution is -0.162. The highest BCUT2D eigenvalue weighted by Gasteiger charge is 2.42. The summed E-state index contributed by atoms with van der Waals surface area (Å²) in [5.41, 5.74) is 0.857. The van der Waals surface area contributed by atoms with Crippen molar-refractivity contribution in [2.24, 2.45) is 5.92 Å². The molecule has 0 aromatic heterocycles. The predicted molar refractivity (Wildman–Crippen MR) is 74.3 cm³/mol. The van der Waals surface area contributed by atoms with Crippen molar-refractivity contribution < 1.29 is 23.8 Å². The Morgan fingerprint density at radius 2 is 1.90 bits per heavy atom. The lowest BCUT2D eigenvalue weighted by Crippen LogP contribution is -2.42. The van der Waals surface area contributed by atoms with Crippen molar-refractivity contribution in [3.8, 4) is 0 Å². The zero-order valence-electron chi connectivity index (χ0n) is 12.3. The molecule has 1 aromatic carbocycles. The number of rotatable bonds is 5.